The number of nitrogens with zero attached hydrogens (tertiary/aromatic N) is 1. The first-order valence-corrected chi connectivity index (χ1v) is 8.59. The van der Waals surface area contributed by atoms with Gasteiger partial charge in [0.1, 0.15) is 0 Å². The minimum atomic E-state index is -0.0398. The third kappa shape index (κ3) is 5.65. The van der Waals surface area contributed by atoms with E-state index in [1.54, 1.807) is 0 Å². The van der Waals surface area contributed by atoms with Crippen molar-refractivity contribution < 1.29 is 4.79 Å². The Morgan fingerprint density at radius 1 is 1.22 bits per heavy atom. The summed E-state index contributed by atoms with van der Waals surface area (Å²) in [6.45, 7) is 3.03. The lowest BCUT2D eigenvalue weighted by molar-refractivity contribution is -0.122. The van der Waals surface area contributed by atoms with Gasteiger partial charge in [0.15, 0.2) is 0 Å². The molecule has 0 aliphatic carbocycles. The van der Waals surface area contributed by atoms with Crippen LogP contribution in [0, 0.1) is 0 Å². The summed E-state index contributed by atoms with van der Waals surface area (Å²) in [4.78, 5) is 14.2. The summed E-state index contributed by atoms with van der Waals surface area (Å²) < 4.78 is 1.00. The molecule has 3 nitrogen and oxygen atoms in total. The number of hydrogen-bond donors (Lipinski definition) is 1. The lowest BCUT2D eigenvalue weighted by Crippen LogP contribution is -2.36. The molecule has 23 heavy (non-hydrogen) atoms. The Bertz CT molecular complexity index is 660. The standard InChI is InChI=1S/C18H20BrClN2O/c1-13(16-5-3-4-6-17(16)19)21-18(23)12-22(2)11-14-7-9-15(20)10-8-14/h3-10,13H,11-12H2,1-2H3,(H,21,23)/t13-/m1/s1. The van der Waals surface area contributed by atoms with Crippen molar-refractivity contribution in [2.24, 2.45) is 0 Å². The first-order chi connectivity index (χ1) is 11.0. The average Bonchev–Trinajstić information content (AvgIpc) is 2.49. The molecule has 1 amide bonds. The molecule has 0 aromatic heterocycles. The quantitative estimate of drug-likeness (QED) is 0.785. The summed E-state index contributed by atoms with van der Waals surface area (Å²) >= 11 is 9.39. The highest BCUT2D eigenvalue weighted by Gasteiger charge is 2.13. The summed E-state index contributed by atoms with van der Waals surface area (Å²) in [6, 6.07) is 15.5. The number of carbonyl (C=O) groups is 1. The summed E-state index contributed by atoms with van der Waals surface area (Å²) in [7, 11) is 1.93. The Labute approximate surface area is 150 Å². The predicted octanol–water partition coefficient (Wildman–Crippen LogP) is 4.41. The molecule has 2 aromatic carbocycles. The fraction of sp³-hybridized carbons (Fsp3) is 0.278. The second-order valence-electron chi connectivity index (χ2n) is 5.61. The molecule has 122 valence electrons. The molecule has 1 atom stereocenters. The zero-order valence-corrected chi connectivity index (χ0v) is 15.6. The van der Waals surface area contributed by atoms with Crippen LogP contribution >= 0.6 is 27.5 Å². The van der Waals surface area contributed by atoms with Crippen molar-refractivity contribution in [1.29, 1.82) is 0 Å². The molecular formula is C18H20BrClN2O. The fourth-order valence-electron chi connectivity index (χ4n) is 2.39. The van der Waals surface area contributed by atoms with Crippen molar-refractivity contribution in [3.63, 3.8) is 0 Å². The van der Waals surface area contributed by atoms with E-state index in [-0.39, 0.29) is 11.9 Å². The van der Waals surface area contributed by atoms with Crippen LogP contribution in [0.25, 0.3) is 0 Å². The van der Waals surface area contributed by atoms with Crippen molar-refractivity contribution in [3.05, 3.63) is 69.2 Å². The van der Waals surface area contributed by atoms with Crippen molar-refractivity contribution in [2.45, 2.75) is 19.5 Å². The molecule has 0 spiro atoms. The van der Waals surface area contributed by atoms with Crippen LogP contribution < -0.4 is 5.32 Å². The minimum absolute atomic E-state index is 0.00437. The molecule has 0 saturated heterocycles. The van der Waals surface area contributed by atoms with E-state index in [1.807, 2.05) is 67.4 Å². The number of carbonyl (C=O) groups excluding carboxylic acids is 1. The molecule has 2 rings (SSSR count). The van der Waals surface area contributed by atoms with Crippen LogP contribution in [0.15, 0.2) is 53.0 Å². The number of amides is 1. The van der Waals surface area contributed by atoms with Gasteiger partial charge in [-0.3, -0.25) is 9.69 Å². The van der Waals surface area contributed by atoms with Crippen LogP contribution in [-0.2, 0) is 11.3 Å². The van der Waals surface area contributed by atoms with Crippen molar-refractivity contribution in [2.75, 3.05) is 13.6 Å². The Morgan fingerprint density at radius 3 is 2.52 bits per heavy atom. The van der Waals surface area contributed by atoms with Crippen LogP contribution in [0.5, 0.6) is 0 Å². The number of rotatable bonds is 6. The van der Waals surface area contributed by atoms with E-state index in [4.69, 9.17) is 11.6 Å². The highest BCUT2D eigenvalue weighted by Crippen LogP contribution is 2.22. The van der Waals surface area contributed by atoms with E-state index in [0.717, 1.165) is 20.6 Å². The first-order valence-electron chi connectivity index (χ1n) is 7.42. The molecule has 0 aliphatic rings. The van der Waals surface area contributed by atoms with Gasteiger partial charge in [0, 0.05) is 16.0 Å². The molecule has 0 heterocycles. The second kappa shape index (κ2) is 8.48. The van der Waals surface area contributed by atoms with Crippen LogP contribution in [0.3, 0.4) is 0 Å². The van der Waals surface area contributed by atoms with E-state index >= 15 is 0 Å². The molecule has 1 N–H and O–H groups in total. The van der Waals surface area contributed by atoms with Gasteiger partial charge in [0.05, 0.1) is 12.6 Å². The molecule has 0 fully saturated rings. The van der Waals surface area contributed by atoms with Crippen molar-refractivity contribution in [1.82, 2.24) is 10.2 Å². The molecule has 2 aromatic rings. The Morgan fingerprint density at radius 2 is 1.87 bits per heavy atom. The van der Waals surface area contributed by atoms with E-state index in [2.05, 4.69) is 21.2 Å². The maximum Gasteiger partial charge on any atom is 0.234 e. The summed E-state index contributed by atoms with van der Waals surface area (Å²) in [6.07, 6.45) is 0. The van der Waals surface area contributed by atoms with E-state index in [1.165, 1.54) is 0 Å². The molecule has 0 aliphatic heterocycles. The van der Waals surface area contributed by atoms with Gasteiger partial charge in [-0.1, -0.05) is 57.9 Å². The summed E-state index contributed by atoms with van der Waals surface area (Å²) in [5.74, 6) is 0.00437. The zero-order valence-electron chi connectivity index (χ0n) is 13.2. The number of benzene rings is 2. The number of hydrogen-bond acceptors (Lipinski definition) is 2. The minimum Gasteiger partial charge on any atom is -0.348 e. The van der Waals surface area contributed by atoms with Gasteiger partial charge < -0.3 is 5.32 Å². The topological polar surface area (TPSA) is 32.3 Å². The molecule has 0 unspecified atom stereocenters. The molecular weight excluding hydrogens is 376 g/mol. The van der Waals surface area contributed by atoms with Gasteiger partial charge in [-0.15, -0.1) is 0 Å². The third-order valence-electron chi connectivity index (χ3n) is 3.53. The Hall–Kier alpha value is -1.36. The summed E-state index contributed by atoms with van der Waals surface area (Å²) in [5.41, 5.74) is 2.20. The highest BCUT2D eigenvalue weighted by molar-refractivity contribution is 9.10. The van der Waals surface area contributed by atoms with Gasteiger partial charge in [-0.05, 0) is 43.3 Å². The smallest absolute Gasteiger partial charge is 0.234 e. The van der Waals surface area contributed by atoms with E-state index < -0.39 is 0 Å². The normalized spacial score (nSPS) is 12.2. The highest BCUT2D eigenvalue weighted by atomic mass is 79.9. The van der Waals surface area contributed by atoms with Crippen LogP contribution in [0.1, 0.15) is 24.1 Å². The lowest BCUT2D eigenvalue weighted by atomic mass is 10.1. The predicted molar refractivity (Wildman–Crippen MR) is 98.5 cm³/mol. The Kier molecular flexibility index (Phi) is 6.63. The number of likely N-dealkylation sites (N-methyl/N-ethyl adjacent to an activating group) is 1. The van der Waals surface area contributed by atoms with Gasteiger partial charge in [-0.2, -0.15) is 0 Å². The molecule has 0 bridgehead atoms. The van der Waals surface area contributed by atoms with Crippen molar-refractivity contribution in [3.8, 4) is 0 Å². The molecule has 0 saturated carbocycles. The van der Waals surface area contributed by atoms with Gasteiger partial charge in [0.25, 0.3) is 0 Å². The van der Waals surface area contributed by atoms with Crippen LogP contribution in [0.4, 0.5) is 0 Å². The van der Waals surface area contributed by atoms with Gasteiger partial charge >= 0.3 is 0 Å². The van der Waals surface area contributed by atoms with Crippen molar-refractivity contribution >= 4 is 33.4 Å². The largest absolute Gasteiger partial charge is 0.348 e. The molecule has 5 heteroatoms. The van der Waals surface area contributed by atoms with Crippen LogP contribution in [-0.4, -0.2) is 24.4 Å². The van der Waals surface area contributed by atoms with Gasteiger partial charge in [-0.25, -0.2) is 0 Å². The number of nitrogens with one attached hydrogen (secondary N) is 1. The average molecular weight is 396 g/mol. The second-order valence-corrected chi connectivity index (χ2v) is 6.90. The Balaban J connectivity index is 1.86. The monoisotopic (exact) mass is 394 g/mol. The zero-order chi connectivity index (χ0) is 16.8. The molecule has 0 radical (unpaired) electrons. The lowest BCUT2D eigenvalue weighted by Gasteiger charge is -2.20. The first kappa shape index (κ1) is 18.0. The number of halogens is 2. The maximum absolute atomic E-state index is 12.2. The van der Waals surface area contributed by atoms with E-state index in [0.29, 0.717) is 13.1 Å². The fourth-order valence-corrected chi connectivity index (χ4v) is 3.15. The maximum atomic E-state index is 12.2. The SMILES string of the molecule is C[C@@H](NC(=O)CN(C)Cc1ccc(Cl)cc1)c1ccccc1Br. The van der Waals surface area contributed by atoms with Gasteiger partial charge in [0.2, 0.25) is 5.91 Å². The summed E-state index contributed by atoms with van der Waals surface area (Å²) in [5, 5.41) is 3.75. The third-order valence-corrected chi connectivity index (χ3v) is 4.50. The van der Waals surface area contributed by atoms with Crippen LogP contribution in [0.2, 0.25) is 5.02 Å². The van der Waals surface area contributed by atoms with E-state index in [9.17, 15) is 4.79 Å².